The van der Waals surface area contributed by atoms with Gasteiger partial charge in [0.05, 0.1) is 0 Å². The van der Waals surface area contributed by atoms with Gasteiger partial charge < -0.3 is 0 Å². The maximum absolute atomic E-state index is 4.67. The lowest BCUT2D eigenvalue weighted by molar-refractivity contribution is 0.352. The van der Waals surface area contributed by atoms with Crippen LogP contribution in [0.15, 0.2) is 137 Å². The smallest absolute Gasteiger partial charge is 0.0353 e. The minimum absolute atomic E-state index is 0.160. The van der Waals surface area contributed by atoms with Gasteiger partial charge in [-0.05, 0) is 79.7 Å². The van der Waals surface area contributed by atoms with Gasteiger partial charge in [-0.2, -0.15) is 0 Å². The second-order valence-corrected chi connectivity index (χ2v) is 13.2. The van der Waals surface area contributed by atoms with Gasteiger partial charge in [0, 0.05) is 38.5 Å². The van der Waals surface area contributed by atoms with Crippen molar-refractivity contribution in [1.29, 1.82) is 0 Å². The number of benzene rings is 6. The van der Waals surface area contributed by atoms with Gasteiger partial charge in [0.25, 0.3) is 0 Å². The molecule has 0 saturated heterocycles. The Hall–Kier alpha value is -4.40. The van der Waals surface area contributed by atoms with Crippen LogP contribution in [-0.4, -0.2) is 4.98 Å². The lowest BCUT2D eigenvalue weighted by atomic mass is 9.68. The average molecular weight is 570 g/mol. The highest BCUT2D eigenvalue weighted by molar-refractivity contribution is 8.00. The first-order valence-electron chi connectivity index (χ1n) is 15.5. The molecule has 7 aromatic rings. The van der Waals surface area contributed by atoms with Gasteiger partial charge in [0.2, 0.25) is 0 Å². The Morgan fingerprint density at radius 2 is 1.19 bits per heavy atom. The molecule has 1 heterocycles. The highest BCUT2D eigenvalue weighted by Crippen LogP contribution is 2.59. The van der Waals surface area contributed by atoms with Crippen LogP contribution in [0.25, 0.3) is 54.6 Å². The van der Waals surface area contributed by atoms with Crippen molar-refractivity contribution < 1.29 is 0 Å². The Morgan fingerprint density at radius 3 is 2.09 bits per heavy atom. The van der Waals surface area contributed by atoms with Gasteiger partial charge in [-0.3, -0.25) is 4.98 Å². The molecular weight excluding hydrogens is 539 g/mol. The number of nitrogens with zero attached hydrogens (tertiary/aromatic N) is 1. The van der Waals surface area contributed by atoms with Crippen LogP contribution in [-0.2, 0) is 5.41 Å². The van der Waals surface area contributed by atoms with E-state index in [2.05, 4.69) is 126 Å². The van der Waals surface area contributed by atoms with E-state index in [0.29, 0.717) is 0 Å². The fourth-order valence-electron chi connectivity index (χ4n) is 8.18. The maximum atomic E-state index is 4.67. The van der Waals surface area contributed by atoms with E-state index in [1.165, 1.54) is 96.5 Å². The molecule has 1 nitrogen and oxygen atoms in total. The fourth-order valence-corrected chi connectivity index (χ4v) is 9.45. The number of aromatic nitrogens is 1. The number of hydrogen-bond donors (Lipinski definition) is 0. The van der Waals surface area contributed by atoms with Gasteiger partial charge >= 0.3 is 0 Å². The molecular formula is C41H31NS. The quantitative estimate of drug-likeness (QED) is 0.196. The molecule has 2 heteroatoms. The van der Waals surface area contributed by atoms with Crippen LogP contribution in [0.1, 0.15) is 43.2 Å². The minimum atomic E-state index is 0.160. The van der Waals surface area contributed by atoms with Crippen LogP contribution in [0.2, 0.25) is 0 Å². The molecule has 2 aliphatic carbocycles. The fraction of sp³-hybridized carbons (Fsp3) is 0.146. The van der Waals surface area contributed by atoms with Crippen LogP contribution in [0.3, 0.4) is 0 Å². The van der Waals surface area contributed by atoms with Crippen LogP contribution in [0.5, 0.6) is 0 Å². The first-order chi connectivity index (χ1) is 21.3. The maximum Gasteiger partial charge on any atom is 0.0353 e. The van der Waals surface area contributed by atoms with E-state index in [4.69, 9.17) is 0 Å². The van der Waals surface area contributed by atoms with Gasteiger partial charge in [-0.1, -0.05) is 134 Å². The highest BCUT2D eigenvalue weighted by atomic mass is 32.2. The molecule has 1 fully saturated rings. The molecule has 43 heavy (non-hydrogen) atoms. The summed E-state index contributed by atoms with van der Waals surface area (Å²) < 4.78 is 0. The molecule has 0 amide bonds. The minimum Gasteiger partial charge on any atom is -0.264 e. The van der Waals surface area contributed by atoms with Crippen molar-refractivity contribution in [2.24, 2.45) is 0 Å². The summed E-state index contributed by atoms with van der Waals surface area (Å²) >= 11 is 1.94. The van der Waals surface area contributed by atoms with E-state index < -0.39 is 0 Å². The molecule has 1 spiro atoms. The first-order valence-corrected chi connectivity index (χ1v) is 16.3. The summed E-state index contributed by atoms with van der Waals surface area (Å²) in [6.45, 7) is 0. The predicted molar refractivity (Wildman–Crippen MR) is 182 cm³/mol. The van der Waals surface area contributed by atoms with Gasteiger partial charge in [0.15, 0.2) is 0 Å². The van der Waals surface area contributed by atoms with Crippen LogP contribution in [0, 0.1) is 0 Å². The van der Waals surface area contributed by atoms with Gasteiger partial charge in [-0.25, -0.2) is 0 Å². The predicted octanol–water partition coefficient (Wildman–Crippen LogP) is 11.6. The van der Waals surface area contributed by atoms with Crippen LogP contribution >= 0.6 is 11.8 Å². The van der Waals surface area contributed by atoms with E-state index in [1.54, 1.807) is 11.1 Å². The van der Waals surface area contributed by atoms with Crippen molar-refractivity contribution in [3.05, 3.63) is 139 Å². The van der Waals surface area contributed by atoms with E-state index in [-0.39, 0.29) is 5.41 Å². The lowest BCUT2D eigenvalue weighted by Crippen LogP contribution is -2.27. The molecule has 1 aromatic heterocycles. The van der Waals surface area contributed by atoms with Crippen LogP contribution < -0.4 is 0 Å². The molecule has 9 rings (SSSR count). The van der Waals surface area contributed by atoms with Crippen LogP contribution in [0.4, 0.5) is 0 Å². The Morgan fingerprint density at radius 1 is 0.512 bits per heavy atom. The van der Waals surface area contributed by atoms with Gasteiger partial charge in [-0.15, -0.1) is 0 Å². The Labute approximate surface area is 256 Å². The van der Waals surface area contributed by atoms with E-state index in [1.807, 2.05) is 18.0 Å². The molecule has 0 aliphatic heterocycles. The SMILES string of the molecule is c1ccc2c(c1)-c1c(Sc3c4ccccc4c(-c4cccc5ccccc45)c4cnccc34)cccc1C21CCCCC1. The summed E-state index contributed by atoms with van der Waals surface area (Å²) in [5, 5.41) is 7.57. The molecule has 0 N–H and O–H groups in total. The summed E-state index contributed by atoms with van der Waals surface area (Å²) in [6.07, 6.45) is 10.5. The average Bonchev–Trinajstić information content (AvgIpc) is 3.34. The Balaban J connectivity index is 1.31. The topological polar surface area (TPSA) is 12.9 Å². The standard InChI is InChI=1S/C41H31NS/c1-8-23-41(24-9-1)35-19-7-6-17-33(35)39-36(41)20-11-21-37(39)43-40-31-16-5-4-15-30(31)38(34-26-42-25-22-32(34)40)29-18-10-13-27-12-2-3-14-28(27)29/h2-7,10-22,25-26H,1,8-9,23-24H2. The molecule has 206 valence electrons. The summed E-state index contributed by atoms with van der Waals surface area (Å²) in [5.41, 5.74) is 8.67. The second kappa shape index (κ2) is 9.82. The highest BCUT2D eigenvalue weighted by Gasteiger charge is 2.44. The summed E-state index contributed by atoms with van der Waals surface area (Å²) in [7, 11) is 0. The monoisotopic (exact) mass is 569 g/mol. The van der Waals surface area contributed by atoms with Crippen molar-refractivity contribution in [3.8, 4) is 22.3 Å². The zero-order valence-corrected chi connectivity index (χ0v) is 24.8. The molecule has 1 saturated carbocycles. The molecule has 2 aliphatic rings. The molecule has 6 aromatic carbocycles. The molecule has 0 bridgehead atoms. The Kier molecular flexibility index (Phi) is 5.74. The van der Waals surface area contributed by atoms with Crippen molar-refractivity contribution in [2.75, 3.05) is 0 Å². The van der Waals surface area contributed by atoms with Gasteiger partial charge in [0.1, 0.15) is 0 Å². The number of fused-ring (bicyclic) bond motifs is 8. The summed E-state index contributed by atoms with van der Waals surface area (Å²) in [4.78, 5) is 7.34. The van der Waals surface area contributed by atoms with E-state index >= 15 is 0 Å². The number of hydrogen-bond acceptors (Lipinski definition) is 2. The number of pyridine rings is 1. The lowest BCUT2D eigenvalue weighted by Gasteiger charge is -2.36. The van der Waals surface area contributed by atoms with Crippen molar-refractivity contribution in [2.45, 2.75) is 47.3 Å². The van der Waals surface area contributed by atoms with Crippen molar-refractivity contribution in [3.63, 3.8) is 0 Å². The zero-order chi connectivity index (χ0) is 28.4. The van der Waals surface area contributed by atoms with Crippen molar-refractivity contribution in [1.82, 2.24) is 4.98 Å². The summed E-state index contributed by atoms with van der Waals surface area (Å²) in [5.74, 6) is 0. The third kappa shape index (κ3) is 3.69. The Bertz CT molecular complexity index is 2140. The van der Waals surface area contributed by atoms with E-state index in [0.717, 1.165) is 0 Å². The molecule has 0 radical (unpaired) electrons. The largest absolute Gasteiger partial charge is 0.264 e. The molecule has 0 unspecified atom stereocenters. The van der Waals surface area contributed by atoms with E-state index in [9.17, 15) is 0 Å². The third-order valence-electron chi connectivity index (χ3n) is 10.0. The first kappa shape index (κ1) is 25.1. The second-order valence-electron chi connectivity index (χ2n) is 12.2. The zero-order valence-electron chi connectivity index (χ0n) is 24.0. The van der Waals surface area contributed by atoms with Crippen molar-refractivity contribution >= 4 is 44.1 Å². The molecule has 0 atom stereocenters. The number of rotatable bonds is 3. The third-order valence-corrected chi connectivity index (χ3v) is 11.2. The normalized spacial score (nSPS) is 15.3. The summed E-state index contributed by atoms with van der Waals surface area (Å²) in [6, 6.07) is 42.9.